The Hall–Kier alpha value is -0.960. The fraction of sp³-hybridized carbons (Fsp3) is 0.692. The molecule has 1 unspecified atom stereocenters. The average Bonchev–Trinajstić information content (AvgIpc) is 2.57. The summed E-state index contributed by atoms with van der Waals surface area (Å²) >= 11 is 0. The van der Waals surface area contributed by atoms with Crippen LogP contribution in [0.5, 0.6) is 0 Å². The first kappa shape index (κ1) is 11.5. The Morgan fingerprint density at radius 1 is 1.12 bits per heavy atom. The van der Waals surface area contributed by atoms with Gasteiger partial charge in [0.05, 0.1) is 6.04 Å². The van der Waals surface area contributed by atoms with Crippen LogP contribution in [-0.2, 0) is 0 Å². The van der Waals surface area contributed by atoms with E-state index in [4.69, 9.17) is 5.73 Å². The van der Waals surface area contributed by atoms with Gasteiger partial charge in [0, 0.05) is 12.4 Å². The van der Waals surface area contributed by atoms with Crippen LogP contribution in [-0.4, -0.2) is 9.97 Å². The number of hydrogen-bond donors (Lipinski definition) is 1. The van der Waals surface area contributed by atoms with Gasteiger partial charge in [-0.1, -0.05) is 25.7 Å². The fourth-order valence-corrected chi connectivity index (χ4v) is 2.46. The SMILES string of the molecule is Cc1cnc(C(N)C2CCCCCC2)nc1. The summed E-state index contributed by atoms with van der Waals surface area (Å²) in [6.45, 7) is 2.00. The van der Waals surface area contributed by atoms with E-state index in [0.29, 0.717) is 5.92 Å². The van der Waals surface area contributed by atoms with Crippen molar-refractivity contribution >= 4 is 0 Å². The molecule has 1 aromatic rings. The summed E-state index contributed by atoms with van der Waals surface area (Å²) < 4.78 is 0. The summed E-state index contributed by atoms with van der Waals surface area (Å²) in [5.41, 5.74) is 7.36. The van der Waals surface area contributed by atoms with Gasteiger partial charge in [-0.05, 0) is 31.2 Å². The predicted octanol–water partition coefficient (Wildman–Crippen LogP) is 2.76. The molecule has 88 valence electrons. The number of aryl methyl sites for hydroxylation is 1. The molecule has 1 atom stereocenters. The summed E-state index contributed by atoms with van der Waals surface area (Å²) in [5.74, 6) is 1.39. The van der Waals surface area contributed by atoms with Crippen LogP contribution in [0.25, 0.3) is 0 Å². The minimum absolute atomic E-state index is 0.0266. The monoisotopic (exact) mass is 219 g/mol. The molecule has 1 fully saturated rings. The van der Waals surface area contributed by atoms with Gasteiger partial charge in [-0.2, -0.15) is 0 Å². The Morgan fingerprint density at radius 2 is 1.69 bits per heavy atom. The third-order valence-corrected chi connectivity index (χ3v) is 3.51. The molecular weight excluding hydrogens is 198 g/mol. The minimum Gasteiger partial charge on any atom is -0.321 e. The summed E-state index contributed by atoms with van der Waals surface area (Å²) in [6.07, 6.45) is 11.5. The summed E-state index contributed by atoms with van der Waals surface area (Å²) in [6, 6.07) is 0.0266. The van der Waals surface area contributed by atoms with E-state index in [1.165, 1.54) is 38.5 Å². The predicted molar refractivity (Wildman–Crippen MR) is 64.9 cm³/mol. The largest absolute Gasteiger partial charge is 0.321 e. The van der Waals surface area contributed by atoms with Crippen molar-refractivity contribution in [1.29, 1.82) is 0 Å². The molecule has 1 aliphatic rings. The Morgan fingerprint density at radius 3 is 2.25 bits per heavy atom. The second-order valence-corrected chi connectivity index (χ2v) is 4.90. The highest BCUT2D eigenvalue weighted by atomic mass is 14.9. The van der Waals surface area contributed by atoms with E-state index in [2.05, 4.69) is 9.97 Å². The summed E-state index contributed by atoms with van der Waals surface area (Å²) in [7, 11) is 0. The summed E-state index contributed by atoms with van der Waals surface area (Å²) in [4.78, 5) is 8.70. The van der Waals surface area contributed by atoms with Gasteiger partial charge in [-0.15, -0.1) is 0 Å². The first-order valence-corrected chi connectivity index (χ1v) is 6.31. The zero-order valence-corrected chi connectivity index (χ0v) is 10.0. The normalized spacial score (nSPS) is 20.4. The number of aromatic nitrogens is 2. The third-order valence-electron chi connectivity index (χ3n) is 3.51. The molecular formula is C13H21N3. The Labute approximate surface area is 97.5 Å². The second kappa shape index (κ2) is 5.39. The molecule has 1 aromatic heterocycles. The highest BCUT2D eigenvalue weighted by molar-refractivity contribution is 5.05. The van der Waals surface area contributed by atoms with Crippen LogP contribution in [0.3, 0.4) is 0 Å². The van der Waals surface area contributed by atoms with Gasteiger partial charge in [0.1, 0.15) is 5.82 Å². The maximum Gasteiger partial charge on any atom is 0.145 e. The van der Waals surface area contributed by atoms with Gasteiger partial charge >= 0.3 is 0 Å². The van der Waals surface area contributed by atoms with Gasteiger partial charge in [0.15, 0.2) is 0 Å². The van der Waals surface area contributed by atoms with Crippen LogP contribution >= 0.6 is 0 Å². The van der Waals surface area contributed by atoms with E-state index < -0.39 is 0 Å². The van der Waals surface area contributed by atoms with E-state index >= 15 is 0 Å². The van der Waals surface area contributed by atoms with E-state index in [1.807, 2.05) is 19.3 Å². The van der Waals surface area contributed by atoms with E-state index in [0.717, 1.165) is 11.4 Å². The van der Waals surface area contributed by atoms with Gasteiger partial charge in [0.2, 0.25) is 0 Å². The van der Waals surface area contributed by atoms with Crippen LogP contribution in [0.15, 0.2) is 12.4 Å². The van der Waals surface area contributed by atoms with Gasteiger partial charge in [-0.3, -0.25) is 0 Å². The topological polar surface area (TPSA) is 51.8 Å². The number of nitrogens with zero attached hydrogens (tertiary/aromatic N) is 2. The molecule has 0 radical (unpaired) electrons. The minimum atomic E-state index is 0.0266. The van der Waals surface area contributed by atoms with Crippen molar-refractivity contribution in [3.8, 4) is 0 Å². The highest BCUT2D eigenvalue weighted by Gasteiger charge is 2.22. The Balaban J connectivity index is 2.04. The maximum atomic E-state index is 6.26. The molecule has 3 heteroatoms. The molecule has 0 aromatic carbocycles. The molecule has 0 aliphatic heterocycles. The van der Waals surface area contributed by atoms with Crippen LogP contribution in [0.1, 0.15) is 56.0 Å². The van der Waals surface area contributed by atoms with Crippen molar-refractivity contribution in [2.24, 2.45) is 11.7 Å². The zero-order valence-electron chi connectivity index (χ0n) is 10.0. The van der Waals surface area contributed by atoms with Crippen molar-refractivity contribution in [3.05, 3.63) is 23.8 Å². The van der Waals surface area contributed by atoms with Crippen LogP contribution in [0.4, 0.5) is 0 Å². The molecule has 0 bridgehead atoms. The maximum absolute atomic E-state index is 6.26. The molecule has 0 amide bonds. The van der Waals surface area contributed by atoms with E-state index in [-0.39, 0.29) is 6.04 Å². The number of rotatable bonds is 2. The first-order chi connectivity index (χ1) is 7.77. The van der Waals surface area contributed by atoms with E-state index in [1.54, 1.807) is 0 Å². The van der Waals surface area contributed by atoms with Crippen molar-refractivity contribution in [2.75, 3.05) is 0 Å². The highest BCUT2D eigenvalue weighted by Crippen LogP contribution is 2.30. The van der Waals surface area contributed by atoms with E-state index in [9.17, 15) is 0 Å². The van der Waals surface area contributed by atoms with Crippen molar-refractivity contribution in [3.63, 3.8) is 0 Å². The molecule has 2 rings (SSSR count). The van der Waals surface area contributed by atoms with Crippen LogP contribution in [0, 0.1) is 12.8 Å². The number of nitrogens with two attached hydrogens (primary N) is 1. The fourth-order valence-electron chi connectivity index (χ4n) is 2.46. The molecule has 2 N–H and O–H groups in total. The molecule has 1 heterocycles. The lowest BCUT2D eigenvalue weighted by Gasteiger charge is -2.20. The molecule has 3 nitrogen and oxygen atoms in total. The average molecular weight is 219 g/mol. The second-order valence-electron chi connectivity index (χ2n) is 4.90. The van der Waals surface area contributed by atoms with Crippen LogP contribution in [0.2, 0.25) is 0 Å². The molecule has 1 saturated carbocycles. The molecule has 1 aliphatic carbocycles. The third kappa shape index (κ3) is 2.79. The molecule has 0 spiro atoms. The van der Waals surface area contributed by atoms with Gasteiger partial charge in [0.25, 0.3) is 0 Å². The summed E-state index contributed by atoms with van der Waals surface area (Å²) in [5, 5.41) is 0. The Bertz CT molecular complexity index is 312. The van der Waals surface area contributed by atoms with Crippen LogP contribution < -0.4 is 5.73 Å². The zero-order chi connectivity index (χ0) is 11.4. The molecule has 0 saturated heterocycles. The first-order valence-electron chi connectivity index (χ1n) is 6.31. The molecule has 16 heavy (non-hydrogen) atoms. The van der Waals surface area contributed by atoms with Crippen molar-refractivity contribution < 1.29 is 0 Å². The van der Waals surface area contributed by atoms with Gasteiger partial charge in [-0.25, -0.2) is 9.97 Å². The quantitative estimate of drug-likeness (QED) is 0.778. The Kier molecular flexibility index (Phi) is 3.88. The smallest absolute Gasteiger partial charge is 0.145 e. The lowest BCUT2D eigenvalue weighted by molar-refractivity contribution is 0.370. The standard InChI is InChI=1S/C13H21N3/c1-10-8-15-13(16-9-10)12(14)11-6-4-2-3-5-7-11/h8-9,11-12H,2-7,14H2,1H3. The van der Waals surface area contributed by atoms with Gasteiger partial charge < -0.3 is 5.73 Å². The lowest BCUT2D eigenvalue weighted by atomic mass is 9.92. The lowest BCUT2D eigenvalue weighted by Crippen LogP contribution is -2.23. The van der Waals surface area contributed by atoms with Crippen molar-refractivity contribution in [2.45, 2.75) is 51.5 Å². The number of hydrogen-bond acceptors (Lipinski definition) is 3. The van der Waals surface area contributed by atoms with Crippen molar-refractivity contribution in [1.82, 2.24) is 9.97 Å².